The quantitative estimate of drug-likeness (QED) is 0.380. The van der Waals surface area contributed by atoms with Gasteiger partial charge in [0, 0.05) is 14.1 Å². The summed E-state index contributed by atoms with van der Waals surface area (Å²) in [5, 5.41) is 1.10. The van der Waals surface area contributed by atoms with E-state index in [2.05, 4.69) is 4.28 Å². The van der Waals surface area contributed by atoms with Gasteiger partial charge in [-0.2, -0.15) is 9.35 Å². The van der Waals surface area contributed by atoms with E-state index in [1.807, 2.05) is 0 Å². The molecule has 0 rings (SSSR count). The van der Waals surface area contributed by atoms with Gasteiger partial charge < -0.3 is 0 Å². The van der Waals surface area contributed by atoms with Crippen LogP contribution in [0.3, 0.4) is 0 Å². The van der Waals surface area contributed by atoms with Crippen molar-refractivity contribution in [1.29, 1.82) is 0 Å². The third kappa shape index (κ3) is 5.87. The summed E-state index contributed by atoms with van der Waals surface area (Å²) in [4.78, 5) is 0. The zero-order valence-corrected chi connectivity index (χ0v) is 5.01. The molecule has 44 valence electrons. The van der Waals surface area contributed by atoms with Gasteiger partial charge in [-0.1, -0.05) is 0 Å². The summed E-state index contributed by atoms with van der Waals surface area (Å²) in [5.74, 6) is 0. The molecule has 4 nitrogen and oxygen atoms in total. The zero-order valence-electron chi connectivity index (χ0n) is 4.12. The van der Waals surface area contributed by atoms with Crippen LogP contribution in [0.25, 0.3) is 0 Å². The molecule has 0 saturated carbocycles. The minimum atomic E-state index is -2.71. The molecule has 0 bridgehead atoms. The molecule has 0 aliphatic heterocycles. The Hall–Kier alpha value is -0.130. The van der Waals surface area contributed by atoms with Crippen molar-refractivity contribution in [2.24, 2.45) is 0 Å². The Balaban J connectivity index is 3.32. The summed E-state index contributed by atoms with van der Waals surface area (Å²) in [5.41, 5.74) is 0. The number of rotatable bonds is 2. The molecule has 5 heteroatoms. The third-order valence-electron chi connectivity index (χ3n) is 0.230. The Morgan fingerprint density at radius 2 is 1.86 bits per heavy atom. The lowest BCUT2D eigenvalue weighted by atomic mass is 11.2. The number of hydrogen-bond donors (Lipinski definition) is 1. The zero-order chi connectivity index (χ0) is 5.86. The molecule has 0 aromatic heterocycles. The summed E-state index contributed by atoms with van der Waals surface area (Å²) in [6.07, 6.45) is 0. The second-order valence-electron chi connectivity index (χ2n) is 1.12. The largest absolute Gasteiger partial charge is 0.273 e. The van der Waals surface area contributed by atoms with E-state index in [0.717, 1.165) is 5.06 Å². The molecule has 0 amide bonds. The molecule has 0 aromatic rings. The molecule has 0 N–H and O–H groups in total. The van der Waals surface area contributed by atoms with E-state index in [-0.39, 0.29) is 0 Å². The molecular weight excluding hydrogens is 118 g/mol. The molecule has 0 fully saturated rings. The fourth-order valence-electron chi connectivity index (χ4n) is 0.133. The van der Waals surface area contributed by atoms with E-state index in [9.17, 15) is 8.42 Å². The summed E-state index contributed by atoms with van der Waals surface area (Å²) in [6, 6.07) is 0. The molecule has 0 heterocycles. The number of hydroxylamine groups is 2. The Morgan fingerprint density at radius 3 is 1.86 bits per heavy atom. The lowest BCUT2D eigenvalue weighted by molar-refractivity contribution is 0.0113. The van der Waals surface area contributed by atoms with Crippen LogP contribution in [0.5, 0.6) is 0 Å². The fraction of sp³-hybridized carbons (Fsp3) is 1.00. The second kappa shape index (κ2) is 2.95. The highest BCUT2D eigenvalue weighted by Gasteiger charge is 1.84. The van der Waals surface area contributed by atoms with E-state index in [1.54, 1.807) is 0 Å². The first-order valence-corrected chi connectivity index (χ1v) is 2.72. The predicted molar refractivity (Wildman–Crippen MR) is 25.1 cm³/mol. The molecule has 0 saturated heterocycles. The van der Waals surface area contributed by atoms with Gasteiger partial charge in [0.1, 0.15) is 0 Å². The van der Waals surface area contributed by atoms with Crippen LogP contribution in [0.4, 0.5) is 0 Å². The molecule has 0 unspecified atom stereocenters. The molecule has 0 spiro atoms. The van der Waals surface area contributed by atoms with Crippen LogP contribution in [0, 0.1) is 0 Å². The van der Waals surface area contributed by atoms with Gasteiger partial charge in [-0.25, -0.2) is 8.42 Å². The topological polar surface area (TPSA) is 46.6 Å². The maximum atomic E-state index is 9.58. The lowest BCUT2D eigenvalue weighted by Crippen LogP contribution is -2.10. The minimum Gasteiger partial charge on any atom is -0.201 e. The molecule has 0 aliphatic rings. The molecule has 0 aliphatic carbocycles. The van der Waals surface area contributed by atoms with Crippen molar-refractivity contribution >= 4 is 11.0 Å². The monoisotopic (exact) mass is 125 g/mol. The van der Waals surface area contributed by atoms with Gasteiger partial charge in [0.05, 0.1) is 0 Å². The number of nitrogens with zero attached hydrogens (tertiary/aromatic N) is 1. The van der Waals surface area contributed by atoms with Crippen LogP contribution in [-0.4, -0.2) is 27.6 Å². The van der Waals surface area contributed by atoms with Gasteiger partial charge in [0.2, 0.25) is 0 Å². The van der Waals surface area contributed by atoms with Crippen LogP contribution >= 0.6 is 0 Å². The van der Waals surface area contributed by atoms with Crippen LogP contribution < -0.4 is 0 Å². The van der Waals surface area contributed by atoms with Gasteiger partial charge in [-0.3, -0.25) is 0 Å². The van der Waals surface area contributed by atoms with Crippen LogP contribution in [0.2, 0.25) is 0 Å². The van der Waals surface area contributed by atoms with E-state index in [4.69, 9.17) is 0 Å². The van der Waals surface area contributed by atoms with Crippen LogP contribution in [-0.2, 0) is 15.3 Å². The highest BCUT2D eigenvalue weighted by atomic mass is 32.2. The van der Waals surface area contributed by atoms with Crippen molar-refractivity contribution in [3.05, 3.63) is 0 Å². The minimum absolute atomic E-state index is 1.10. The van der Waals surface area contributed by atoms with Crippen LogP contribution in [0.15, 0.2) is 0 Å². The van der Waals surface area contributed by atoms with Gasteiger partial charge in [0.15, 0.2) is 0 Å². The second-order valence-corrected chi connectivity index (χ2v) is 1.73. The molecule has 0 atom stereocenters. The van der Waals surface area contributed by atoms with E-state index >= 15 is 0 Å². The first-order chi connectivity index (χ1) is 3.13. The van der Waals surface area contributed by atoms with Crippen molar-refractivity contribution < 1.29 is 12.7 Å². The summed E-state index contributed by atoms with van der Waals surface area (Å²) in [6.45, 7) is 0. The number of hydrogen-bond acceptors (Lipinski definition) is 4. The van der Waals surface area contributed by atoms with Crippen molar-refractivity contribution in [3.8, 4) is 0 Å². The van der Waals surface area contributed by atoms with Gasteiger partial charge in [-0.05, 0) is 0 Å². The Morgan fingerprint density at radius 1 is 1.43 bits per heavy atom. The Kier molecular flexibility index (Phi) is 2.89. The Bertz CT molecular complexity index is 99.5. The molecule has 0 radical (unpaired) electrons. The highest BCUT2D eigenvalue weighted by Crippen LogP contribution is 1.73. The summed E-state index contributed by atoms with van der Waals surface area (Å²) >= 11 is 0. The number of thiol groups is 1. The smallest absolute Gasteiger partial charge is 0.201 e. The van der Waals surface area contributed by atoms with Gasteiger partial charge >= 0.3 is 0 Å². The average molecular weight is 125 g/mol. The van der Waals surface area contributed by atoms with E-state index in [1.165, 1.54) is 14.1 Å². The van der Waals surface area contributed by atoms with Crippen LogP contribution in [0.1, 0.15) is 0 Å². The summed E-state index contributed by atoms with van der Waals surface area (Å²) < 4.78 is 23.2. The molecule has 0 aromatic carbocycles. The van der Waals surface area contributed by atoms with Crippen molar-refractivity contribution in [2.75, 3.05) is 14.1 Å². The first kappa shape index (κ1) is 6.87. The normalized spacial score (nSPS) is 10.9. The van der Waals surface area contributed by atoms with E-state index in [0.29, 0.717) is 0 Å². The van der Waals surface area contributed by atoms with Crippen molar-refractivity contribution in [2.45, 2.75) is 0 Å². The van der Waals surface area contributed by atoms with E-state index < -0.39 is 11.0 Å². The maximum absolute atomic E-state index is 9.58. The Labute approximate surface area is 43.8 Å². The van der Waals surface area contributed by atoms with Gasteiger partial charge in [-0.15, -0.1) is 0 Å². The van der Waals surface area contributed by atoms with Crippen molar-refractivity contribution in [3.63, 3.8) is 0 Å². The molecular formula is C2H7NO3S. The highest BCUT2D eigenvalue weighted by molar-refractivity contribution is 7.67. The summed E-state index contributed by atoms with van der Waals surface area (Å²) in [7, 11) is 0.268. The van der Waals surface area contributed by atoms with Gasteiger partial charge in [0.25, 0.3) is 11.0 Å². The fourth-order valence-corrected chi connectivity index (χ4v) is 0.400. The SMILES string of the molecule is CN(C)O[SH](=O)=O. The third-order valence-corrected chi connectivity index (χ3v) is 0.690. The lowest BCUT2D eigenvalue weighted by Gasteiger charge is -1.99. The maximum Gasteiger partial charge on any atom is 0.273 e. The predicted octanol–water partition coefficient (Wildman–Crippen LogP) is -0.994. The standard InChI is InChI=1S/C2H7NO3S/c1-3(2)6-7(4)5/h7H,1-2H3. The van der Waals surface area contributed by atoms with Crippen molar-refractivity contribution in [1.82, 2.24) is 5.06 Å². The molecule has 7 heavy (non-hydrogen) atoms. The average Bonchev–Trinajstić information content (AvgIpc) is 1.27. The first-order valence-electron chi connectivity index (χ1n) is 1.62.